The average molecular weight is 398 g/mol. The number of ether oxygens (including phenoxy) is 2. The fourth-order valence-electron chi connectivity index (χ4n) is 3.63. The fraction of sp³-hybridized carbons (Fsp3) is 0.364. The number of methoxy groups -OCH3 is 2. The van der Waals surface area contributed by atoms with Crippen LogP contribution in [0.15, 0.2) is 36.4 Å². The summed E-state index contributed by atoms with van der Waals surface area (Å²) < 4.78 is 10.8. The smallest absolute Gasteiger partial charge is 0.282 e. The van der Waals surface area contributed by atoms with Gasteiger partial charge in [0.1, 0.15) is 6.54 Å². The minimum Gasteiger partial charge on any atom is -0.493 e. The van der Waals surface area contributed by atoms with E-state index in [1.807, 2.05) is 19.1 Å². The quantitative estimate of drug-likeness (QED) is 0.691. The van der Waals surface area contributed by atoms with Gasteiger partial charge in [-0.05, 0) is 48.9 Å². The van der Waals surface area contributed by atoms with Crippen LogP contribution in [0.25, 0.3) is 0 Å². The van der Waals surface area contributed by atoms with Crippen molar-refractivity contribution in [3.05, 3.63) is 47.5 Å². The molecule has 2 amide bonds. The van der Waals surface area contributed by atoms with Gasteiger partial charge in [-0.2, -0.15) is 0 Å². The minimum atomic E-state index is -0.203. The van der Waals surface area contributed by atoms with Crippen molar-refractivity contribution in [3.8, 4) is 11.5 Å². The van der Waals surface area contributed by atoms with Crippen LogP contribution in [-0.4, -0.2) is 38.6 Å². The highest BCUT2D eigenvalue weighted by Crippen LogP contribution is 2.31. The third-order valence-corrected chi connectivity index (χ3v) is 5.32. The van der Waals surface area contributed by atoms with Gasteiger partial charge in [0.25, 0.3) is 5.91 Å². The Bertz CT molecular complexity index is 896. The van der Waals surface area contributed by atoms with Crippen molar-refractivity contribution in [2.24, 2.45) is 0 Å². The maximum atomic E-state index is 12.8. The van der Waals surface area contributed by atoms with Gasteiger partial charge >= 0.3 is 0 Å². The fourth-order valence-corrected chi connectivity index (χ4v) is 3.63. The number of amides is 2. The first-order valence-corrected chi connectivity index (χ1v) is 9.68. The van der Waals surface area contributed by atoms with E-state index in [9.17, 15) is 9.59 Å². The zero-order chi connectivity index (χ0) is 21.0. The molecule has 29 heavy (non-hydrogen) atoms. The van der Waals surface area contributed by atoms with Crippen LogP contribution >= 0.6 is 0 Å². The first-order chi connectivity index (χ1) is 13.9. The molecule has 0 aromatic heterocycles. The van der Waals surface area contributed by atoms with E-state index in [1.165, 1.54) is 23.0 Å². The SMILES string of the molecule is COc1cc2c(cc1OC)C[NH+]([C@@H](C)C(=O)Nc1ccc(NC(C)=O)cc1)CC2. The lowest BCUT2D eigenvalue weighted by atomic mass is 9.97. The summed E-state index contributed by atoms with van der Waals surface area (Å²) in [6.07, 6.45) is 0.883. The van der Waals surface area contributed by atoms with E-state index >= 15 is 0 Å². The highest BCUT2D eigenvalue weighted by atomic mass is 16.5. The van der Waals surface area contributed by atoms with Crippen molar-refractivity contribution in [2.45, 2.75) is 32.9 Å². The predicted octanol–water partition coefficient (Wildman–Crippen LogP) is 1.63. The van der Waals surface area contributed by atoms with Gasteiger partial charge in [0, 0.05) is 30.3 Å². The summed E-state index contributed by atoms with van der Waals surface area (Å²) in [4.78, 5) is 25.1. The van der Waals surface area contributed by atoms with E-state index in [4.69, 9.17) is 9.47 Å². The van der Waals surface area contributed by atoms with Crippen LogP contribution in [0.1, 0.15) is 25.0 Å². The molecule has 0 saturated heterocycles. The van der Waals surface area contributed by atoms with Gasteiger partial charge in [0.15, 0.2) is 17.5 Å². The number of hydrogen-bond donors (Lipinski definition) is 3. The number of nitrogens with one attached hydrogen (secondary N) is 3. The maximum Gasteiger partial charge on any atom is 0.282 e. The van der Waals surface area contributed by atoms with Crippen molar-refractivity contribution < 1.29 is 24.0 Å². The second-order valence-electron chi connectivity index (χ2n) is 7.28. The van der Waals surface area contributed by atoms with Crippen LogP contribution in [0, 0.1) is 0 Å². The maximum absolute atomic E-state index is 12.8. The molecule has 1 unspecified atom stereocenters. The van der Waals surface area contributed by atoms with Gasteiger partial charge in [-0.15, -0.1) is 0 Å². The Morgan fingerprint density at radius 1 is 0.966 bits per heavy atom. The topological polar surface area (TPSA) is 81.1 Å². The van der Waals surface area contributed by atoms with E-state index in [0.717, 1.165) is 25.3 Å². The molecule has 1 aliphatic heterocycles. The molecule has 3 N–H and O–H groups in total. The zero-order valence-corrected chi connectivity index (χ0v) is 17.3. The molecule has 2 atom stereocenters. The molecule has 1 aliphatic rings. The number of fused-ring (bicyclic) bond motifs is 1. The van der Waals surface area contributed by atoms with Crippen LogP contribution in [0.4, 0.5) is 11.4 Å². The molecule has 0 aliphatic carbocycles. The van der Waals surface area contributed by atoms with Crippen LogP contribution in [0.2, 0.25) is 0 Å². The second-order valence-corrected chi connectivity index (χ2v) is 7.28. The van der Waals surface area contributed by atoms with Crippen LogP contribution in [-0.2, 0) is 22.6 Å². The van der Waals surface area contributed by atoms with Crippen molar-refractivity contribution in [1.29, 1.82) is 0 Å². The number of carbonyl (C=O) groups excluding carboxylic acids is 2. The number of anilines is 2. The highest BCUT2D eigenvalue weighted by Gasteiger charge is 2.30. The van der Waals surface area contributed by atoms with E-state index in [1.54, 1.807) is 38.5 Å². The summed E-state index contributed by atoms with van der Waals surface area (Å²) in [5.41, 5.74) is 3.83. The monoisotopic (exact) mass is 398 g/mol. The molecule has 0 spiro atoms. The molecule has 0 radical (unpaired) electrons. The Morgan fingerprint density at radius 2 is 1.52 bits per heavy atom. The van der Waals surface area contributed by atoms with E-state index in [2.05, 4.69) is 10.6 Å². The van der Waals surface area contributed by atoms with E-state index in [-0.39, 0.29) is 17.9 Å². The molecule has 2 aromatic carbocycles. The molecule has 3 rings (SSSR count). The summed E-state index contributed by atoms with van der Waals surface area (Å²) in [5, 5.41) is 5.68. The average Bonchev–Trinajstić information content (AvgIpc) is 2.72. The Morgan fingerprint density at radius 3 is 2.07 bits per heavy atom. The van der Waals surface area contributed by atoms with Gasteiger partial charge in [0.05, 0.1) is 20.8 Å². The van der Waals surface area contributed by atoms with Gasteiger partial charge in [0.2, 0.25) is 5.91 Å². The molecule has 7 nitrogen and oxygen atoms in total. The molecule has 154 valence electrons. The Hall–Kier alpha value is -3.06. The third kappa shape index (κ3) is 4.86. The largest absolute Gasteiger partial charge is 0.493 e. The third-order valence-electron chi connectivity index (χ3n) is 5.32. The lowest BCUT2D eigenvalue weighted by molar-refractivity contribution is -0.929. The Kier molecular flexibility index (Phi) is 6.39. The van der Waals surface area contributed by atoms with Crippen molar-refractivity contribution >= 4 is 23.2 Å². The number of benzene rings is 2. The summed E-state index contributed by atoms with van der Waals surface area (Å²) in [7, 11) is 3.27. The summed E-state index contributed by atoms with van der Waals surface area (Å²) in [6.45, 7) is 5.04. The van der Waals surface area contributed by atoms with Crippen molar-refractivity contribution in [1.82, 2.24) is 0 Å². The number of quaternary nitrogens is 1. The first-order valence-electron chi connectivity index (χ1n) is 9.68. The lowest BCUT2D eigenvalue weighted by Gasteiger charge is -2.30. The molecule has 1 heterocycles. The van der Waals surface area contributed by atoms with Crippen molar-refractivity contribution in [3.63, 3.8) is 0 Å². The first kappa shape index (κ1) is 20.7. The molecule has 7 heteroatoms. The van der Waals surface area contributed by atoms with Crippen LogP contribution in [0.3, 0.4) is 0 Å². The van der Waals surface area contributed by atoms with Crippen LogP contribution in [0.5, 0.6) is 11.5 Å². The Labute approximate surface area is 171 Å². The van der Waals surface area contributed by atoms with Gasteiger partial charge < -0.3 is 25.0 Å². The summed E-state index contributed by atoms with van der Waals surface area (Å²) in [5.74, 6) is 1.29. The second kappa shape index (κ2) is 8.96. The van der Waals surface area contributed by atoms with E-state index < -0.39 is 0 Å². The molecular weight excluding hydrogens is 370 g/mol. The van der Waals surface area contributed by atoms with Crippen LogP contribution < -0.4 is 25.0 Å². The van der Waals surface area contributed by atoms with Gasteiger partial charge in [-0.3, -0.25) is 9.59 Å². The molecular formula is C22H28N3O4+. The standard InChI is InChI=1S/C22H27N3O4/c1-14(22(27)24-19-7-5-18(6-8-19)23-15(2)26)25-10-9-16-11-20(28-3)21(29-4)12-17(16)13-25/h5-8,11-12,14H,9-10,13H2,1-4H3,(H,23,26)(H,24,27)/p+1/t14-/m0/s1. The van der Waals surface area contributed by atoms with E-state index in [0.29, 0.717) is 17.1 Å². The zero-order valence-electron chi connectivity index (χ0n) is 17.3. The van der Waals surface area contributed by atoms with Crippen molar-refractivity contribution in [2.75, 3.05) is 31.4 Å². The molecule has 0 bridgehead atoms. The minimum absolute atomic E-state index is 0.0313. The normalized spacial score (nSPS) is 16.3. The molecule has 0 fully saturated rings. The highest BCUT2D eigenvalue weighted by molar-refractivity contribution is 5.94. The lowest BCUT2D eigenvalue weighted by Crippen LogP contribution is -3.16. The van der Waals surface area contributed by atoms with Gasteiger partial charge in [-0.1, -0.05) is 0 Å². The molecule has 2 aromatic rings. The number of carbonyl (C=O) groups is 2. The Balaban J connectivity index is 1.65. The number of hydrogen-bond acceptors (Lipinski definition) is 4. The summed E-state index contributed by atoms with van der Waals surface area (Å²) in [6, 6.07) is 11.0. The summed E-state index contributed by atoms with van der Waals surface area (Å²) >= 11 is 0. The predicted molar refractivity (Wildman–Crippen MR) is 112 cm³/mol. The van der Waals surface area contributed by atoms with Gasteiger partial charge in [-0.25, -0.2) is 0 Å². The number of rotatable bonds is 6. The molecule has 0 saturated carbocycles.